The molecule has 0 aliphatic heterocycles. The Morgan fingerprint density at radius 2 is 1.80 bits per heavy atom. The molecule has 0 amide bonds. The summed E-state index contributed by atoms with van der Waals surface area (Å²) in [5.74, 6) is 0. The van der Waals surface area contributed by atoms with Gasteiger partial charge in [0.15, 0.2) is 0 Å². The van der Waals surface area contributed by atoms with Crippen molar-refractivity contribution >= 4 is 5.69 Å². The van der Waals surface area contributed by atoms with E-state index in [9.17, 15) is 0 Å². The molecule has 1 aliphatic carbocycles. The molecule has 0 fully saturated rings. The van der Waals surface area contributed by atoms with Gasteiger partial charge in [0, 0.05) is 12.2 Å². The number of fused-ring (bicyclic) bond motifs is 1. The Bertz CT molecular complexity index is 606. The summed E-state index contributed by atoms with van der Waals surface area (Å²) < 4.78 is 0. The zero-order chi connectivity index (χ0) is 14.1. The lowest BCUT2D eigenvalue weighted by molar-refractivity contribution is 0.539. The summed E-state index contributed by atoms with van der Waals surface area (Å²) in [6.45, 7) is 5.37. The molecule has 2 N–H and O–H groups in total. The molecule has 2 atom stereocenters. The first-order chi connectivity index (χ1) is 9.72. The van der Waals surface area contributed by atoms with Crippen LogP contribution >= 0.6 is 0 Å². The summed E-state index contributed by atoms with van der Waals surface area (Å²) in [5, 5.41) is 0. The van der Waals surface area contributed by atoms with Crippen LogP contribution in [-0.2, 0) is 6.42 Å². The highest BCUT2D eigenvalue weighted by Crippen LogP contribution is 2.35. The third-order valence-electron chi connectivity index (χ3n) is 4.42. The van der Waals surface area contributed by atoms with E-state index in [-0.39, 0.29) is 6.04 Å². The van der Waals surface area contributed by atoms with Gasteiger partial charge in [-0.05, 0) is 43.0 Å². The van der Waals surface area contributed by atoms with Crippen LogP contribution < -0.4 is 10.6 Å². The van der Waals surface area contributed by atoms with Crippen molar-refractivity contribution in [2.24, 2.45) is 5.73 Å². The Morgan fingerprint density at radius 3 is 2.50 bits per heavy atom. The van der Waals surface area contributed by atoms with E-state index in [0.29, 0.717) is 6.04 Å². The molecular formula is C18H22N2. The molecular weight excluding hydrogens is 244 g/mol. The molecule has 0 saturated carbocycles. The molecule has 0 aromatic heterocycles. The van der Waals surface area contributed by atoms with Crippen LogP contribution in [0.25, 0.3) is 0 Å². The fourth-order valence-electron chi connectivity index (χ4n) is 3.38. The standard InChI is InChI=1S/C18H22N2/c1-3-20(16-11-7-4-8-13(16)2)17-12-14-9-5-6-10-15(14)18(17)19/h4-11,17-18H,3,12,19H2,1-2H3. The van der Waals surface area contributed by atoms with Gasteiger partial charge in [-0.3, -0.25) is 0 Å². The molecule has 0 spiro atoms. The molecule has 0 saturated heterocycles. The minimum absolute atomic E-state index is 0.103. The predicted octanol–water partition coefficient (Wildman–Crippen LogP) is 3.45. The normalized spacial score (nSPS) is 20.8. The monoisotopic (exact) mass is 266 g/mol. The smallest absolute Gasteiger partial charge is 0.0523 e. The van der Waals surface area contributed by atoms with E-state index in [1.807, 2.05) is 0 Å². The highest BCUT2D eigenvalue weighted by Gasteiger charge is 2.33. The first-order valence-corrected chi connectivity index (χ1v) is 7.38. The zero-order valence-corrected chi connectivity index (χ0v) is 12.2. The average molecular weight is 266 g/mol. The van der Waals surface area contributed by atoms with Crippen LogP contribution in [0.4, 0.5) is 5.69 Å². The van der Waals surface area contributed by atoms with Gasteiger partial charge in [-0.1, -0.05) is 42.5 Å². The Balaban J connectivity index is 1.95. The lowest BCUT2D eigenvalue weighted by Crippen LogP contribution is -2.41. The molecule has 1 aliphatic rings. The van der Waals surface area contributed by atoms with Crippen molar-refractivity contribution in [2.75, 3.05) is 11.4 Å². The van der Waals surface area contributed by atoms with Crippen LogP contribution in [-0.4, -0.2) is 12.6 Å². The minimum atomic E-state index is 0.103. The third-order valence-corrected chi connectivity index (χ3v) is 4.42. The van der Waals surface area contributed by atoms with Crippen LogP contribution in [0.1, 0.15) is 29.7 Å². The van der Waals surface area contributed by atoms with Gasteiger partial charge in [0.05, 0.1) is 12.1 Å². The van der Waals surface area contributed by atoms with Crippen LogP contribution in [0.5, 0.6) is 0 Å². The van der Waals surface area contributed by atoms with Gasteiger partial charge in [0.1, 0.15) is 0 Å². The number of para-hydroxylation sites is 1. The van der Waals surface area contributed by atoms with Crippen molar-refractivity contribution in [1.29, 1.82) is 0 Å². The van der Waals surface area contributed by atoms with Crippen molar-refractivity contribution in [3.05, 3.63) is 65.2 Å². The van der Waals surface area contributed by atoms with Gasteiger partial charge < -0.3 is 10.6 Å². The van der Waals surface area contributed by atoms with E-state index in [4.69, 9.17) is 5.73 Å². The van der Waals surface area contributed by atoms with Crippen LogP contribution in [0.3, 0.4) is 0 Å². The molecule has 2 nitrogen and oxygen atoms in total. The maximum absolute atomic E-state index is 6.51. The summed E-state index contributed by atoms with van der Waals surface area (Å²) in [5.41, 5.74) is 11.8. The van der Waals surface area contributed by atoms with Crippen LogP contribution in [0.2, 0.25) is 0 Å². The summed E-state index contributed by atoms with van der Waals surface area (Å²) in [7, 11) is 0. The molecule has 2 unspecified atom stereocenters. The number of benzene rings is 2. The van der Waals surface area contributed by atoms with Gasteiger partial charge in [0.25, 0.3) is 0 Å². The highest BCUT2D eigenvalue weighted by molar-refractivity contribution is 5.56. The molecule has 2 aromatic rings. The van der Waals surface area contributed by atoms with Gasteiger partial charge in [-0.15, -0.1) is 0 Å². The maximum Gasteiger partial charge on any atom is 0.0523 e. The molecule has 104 valence electrons. The van der Waals surface area contributed by atoms with Gasteiger partial charge >= 0.3 is 0 Å². The van der Waals surface area contributed by atoms with Crippen LogP contribution in [0, 0.1) is 6.92 Å². The topological polar surface area (TPSA) is 29.3 Å². The number of hydrogen-bond donors (Lipinski definition) is 1. The lowest BCUT2D eigenvalue weighted by atomic mass is 10.1. The van der Waals surface area contributed by atoms with Gasteiger partial charge in [0.2, 0.25) is 0 Å². The van der Waals surface area contributed by atoms with Crippen molar-refractivity contribution in [1.82, 2.24) is 0 Å². The Morgan fingerprint density at radius 1 is 1.10 bits per heavy atom. The predicted molar refractivity (Wildman–Crippen MR) is 85.1 cm³/mol. The van der Waals surface area contributed by atoms with E-state index in [1.165, 1.54) is 22.4 Å². The second kappa shape index (κ2) is 5.29. The summed E-state index contributed by atoms with van der Waals surface area (Å²) in [6, 6.07) is 17.6. The van der Waals surface area contributed by atoms with E-state index in [2.05, 4.69) is 67.3 Å². The van der Waals surface area contributed by atoms with Crippen molar-refractivity contribution < 1.29 is 0 Å². The first-order valence-electron chi connectivity index (χ1n) is 7.38. The number of anilines is 1. The summed E-state index contributed by atoms with van der Waals surface area (Å²) in [6.07, 6.45) is 1.04. The third kappa shape index (κ3) is 2.10. The molecule has 0 bridgehead atoms. The second-order valence-corrected chi connectivity index (χ2v) is 5.57. The van der Waals surface area contributed by atoms with Gasteiger partial charge in [-0.25, -0.2) is 0 Å². The van der Waals surface area contributed by atoms with E-state index in [0.717, 1.165) is 13.0 Å². The van der Waals surface area contributed by atoms with Crippen molar-refractivity contribution in [3.63, 3.8) is 0 Å². The highest BCUT2D eigenvalue weighted by atomic mass is 15.2. The van der Waals surface area contributed by atoms with Crippen molar-refractivity contribution in [3.8, 4) is 0 Å². The molecule has 2 heteroatoms. The minimum Gasteiger partial charge on any atom is -0.366 e. The summed E-state index contributed by atoms with van der Waals surface area (Å²) >= 11 is 0. The Hall–Kier alpha value is -1.80. The molecule has 0 heterocycles. The number of nitrogens with zero attached hydrogens (tertiary/aromatic N) is 1. The largest absolute Gasteiger partial charge is 0.366 e. The first kappa shape index (κ1) is 13.2. The van der Waals surface area contributed by atoms with E-state index >= 15 is 0 Å². The molecule has 0 radical (unpaired) electrons. The quantitative estimate of drug-likeness (QED) is 0.922. The maximum atomic E-state index is 6.51. The lowest BCUT2D eigenvalue weighted by Gasteiger charge is -2.34. The SMILES string of the molecule is CCN(c1ccccc1C)C1Cc2ccccc2C1N. The number of aryl methyl sites for hydroxylation is 1. The fraction of sp³-hybridized carbons (Fsp3) is 0.333. The molecule has 20 heavy (non-hydrogen) atoms. The van der Waals surface area contributed by atoms with E-state index in [1.54, 1.807) is 0 Å². The Labute approximate surface area is 121 Å². The number of hydrogen-bond acceptors (Lipinski definition) is 2. The van der Waals surface area contributed by atoms with Crippen molar-refractivity contribution in [2.45, 2.75) is 32.4 Å². The van der Waals surface area contributed by atoms with Gasteiger partial charge in [-0.2, -0.15) is 0 Å². The summed E-state index contributed by atoms with van der Waals surface area (Å²) in [4.78, 5) is 2.46. The fourth-order valence-corrected chi connectivity index (χ4v) is 3.38. The number of nitrogens with two attached hydrogens (primary N) is 1. The van der Waals surface area contributed by atoms with E-state index < -0.39 is 0 Å². The zero-order valence-electron chi connectivity index (χ0n) is 12.2. The molecule has 3 rings (SSSR count). The molecule has 2 aromatic carbocycles. The van der Waals surface area contributed by atoms with Crippen LogP contribution in [0.15, 0.2) is 48.5 Å². The number of rotatable bonds is 3. The average Bonchev–Trinajstić information content (AvgIpc) is 2.80. The Kier molecular flexibility index (Phi) is 3.49. The number of likely N-dealkylation sites (N-methyl/N-ethyl adjacent to an activating group) is 1. The second-order valence-electron chi connectivity index (χ2n) is 5.57.